The molecule has 0 heterocycles. The summed E-state index contributed by atoms with van der Waals surface area (Å²) in [5, 5.41) is 0. The Morgan fingerprint density at radius 1 is 1.36 bits per heavy atom. The summed E-state index contributed by atoms with van der Waals surface area (Å²) >= 11 is 0. The fraction of sp³-hybridized carbons (Fsp3) is 0.889. The summed E-state index contributed by atoms with van der Waals surface area (Å²) in [5.41, 5.74) is 5.25. The number of hydrogen-bond acceptors (Lipinski definition) is 2. The van der Waals surface area contributed by atoms with Crippen molar-refractivity contribution in [2.45, 2.75) is 38.5 Å². The van der Waals surface area contributed by atoms with E-state index in [9.17, 15) is 4.79 Å². The van der Waals surface area contributed by atoms with Gasteiger partial charge in [0.05, 0.1) is 0 Å². The van der Waals surface area contributed by atoms with Crippen molar-refractivity contribution in [3.63, 3.8) is 0 Å². The number of carbonyl (C=O) groups excluding carboxylic acids is 1. The van der Waals surface area contributed by atoms with Gasteiger partial charge in [0, 0.05) is 12.8 Å². The minimum atomic E-state index is 0.341. The van der Waals surface area contributed by atoms with Gasteiger partial charge in [-0.3, -0.25) is 4.79 Å². The molecule has 0 aliphatic heterocycles. The first-order valence-corrected chi connectivity index (χ1v) is 4.54. The van der Waals surface area contributed by atoms with Crippen molar-refractivity contribution in [1.29, 1.82) is 0 Å². The number of Topliss-reactive ketones (excluding diaryl/α,β-unsaturated/α-hetero) is 1. The van der Waals surface area contributed by atoms with Crippen LogP contribution in [0.15, 0.2) is 0 Å². The Morgan fingerprint density at radius 3 is 2.64 bits per heavy atom. The van der Waals surface area contributed by atoms with Crippen LogP contribution in [0.5, 0.6) is 0 Å². The quantitative estimate of drug-likeness (QED) is 0.631. The van der Waals surface area contributed by atoms with Crippen LogP contribution in [-0.4, -0.2) is 12.3 Å². The second kappa shape index (κ2) is 4.50. The van der Waals surface area contributed by atoms with Crippen LogP contribution >= 0.6 is 0 Å². The summed E-state index contributed by atoms with van der Waals surface area (Å²) in [5.74, 6) is 1.30. The zero-order chi connectivity index (χ0) is 8.10. The molecule has 0 unspecified atom stereocenters. The number of rotatable bonds is 6. The molecule has 0 spiro atoms. The third-order valence-electron chi connectivity index (χ3n) is 2.19. The van der Waals surface area contributed by atoms with Gasteiger partial charge in [-0.1, -0.05) is 19.3 Å². The Kier molecular flexibility index (Phi) is 3.57. The fourth-order valence-corrected chi connectivity index (χ4v) is 1.28. The van der Waals surface area contributed by atoms with E-state index in [1.165, 1.54) is 19.3 Å². The molecule has 0 saturated heterocycles. The van der Waals surface area contributed by atoms with E-state index in [-0.39, 0.29) is 0 Å². The highest BCUT2D eigenvalue weighted by atomic mass is 16.1. The van der Waals surface area contributed by atoms with E-state index >= 15 is 0 Å². The summed E-state index contributed by atoms with van der Waals surface area (Å²) in [6.45, 7) is 0.516. The Morgan fingerprint density at radius 2 is 2.09 bits per heavy atom. The van der Waals surface area contributed by atoms with Gasteiger partial charge in [0.1, 0.15) is 5.78 Å². The summed E-state index contributed by atoms with van der Waals surface area (Å²) in [7, 11) is 0. The SMILES string of the molecule is NCCC(=O)CCCC1CC1. The van der Waals surface area contributed by atoms with Gasteiger partial charge in [0.25, 0.3) is 0 Å². The molecule has 1 aliphatic rings. The molecule has 0 amide bonds. The first kappa shape index (κ1) is 8.72. The molecule has 0 radical (unpaired) electrons. The second-order valence-corrected chi connectivity index (χ2v) is 3.41. The van der Waals surface area contributed by atoms with Crippen molar-refractivity contribution < 1.29 is 4.79 Å². The van der Waals surface area contributed by atoms with Crippen molar-refractivity contribution in [1.82, 2.24) is 0 Å². The van der Waals surface area contributed by atoms with Crippen LogP contribution in [0.1, 0.15) is 38.5 Å². The summed E-state index contributed by atoms with van der Waals surface area (Å²) in [6.07, 6.45) is 6.47. The average molecular weight is 155 g/mol. The van der Waals surface area contributed by atoms with Crippen molar-refractivity contribution in [3.05, 3.63) is 0 Å². The molecule has 1 fully saturated rings. The van der Waals surface area contributed by atoms with E-state index in [2.05, 4.69) is 0 Å². The maximum absolute atomic E-state index is 11.0. The predicted octanol–water partition coefficient (Wildman–Crippen LogP) is 1.48. The Hall–Kier alpha value is -0.370. The van der Waals surface area contributed by atoms with Crippen LogP contribution in [0.2, 0.25) is 0 Å². The number of ketones is 1. The molecule has 1 saturated carbocycles. The van der Waals surface area contributed by atoms with Crippen LogP contribution < -0.4 is 5.73 Å². The summed E-state index contributed by atoms with van der Waals surface area (Å²) in [4.78, 5) is 11.0. The van der Waals surface area contributed by atoms with E-state index in [1.807, 2.05) is 0 Å². The average Bonchev–Trinajstić information content (AvgIpc) is 2.72. The standard InChI is InChI=1S/C9H17NO/c10-7-6-9(11)3-1-2-8-4-5-8/h8H,1-7,10H2. The molecule has 2 heteroatoms. The third kappa shape index (κ3) is 4.14. The molecule has 2 N–H and O–H groups in total. The van der Waals surface area contributed by atoms with Crippen LogP contribution in [0.25, 0.3) is 0 Å². The smallest absolute Gasteiger partial charge is 0.134 e. The predicted molar refractivity (Wildman–Crippen MR) is 45.3 cm³/mol. The number of carbonyl (C=O) groups is 1. The molecule has 2 nitrogen and oxygen atoms in total. The monoisotopic (exact) mass is 155 g/mol. The van der Waals surface area contributed by atoms with Gasteiger partial charge >= 0.3 is 0 Å². The molecule has 0 bridgehead atoms. The Labute approximate surface area is 68.2 Å². The lowest BCUT2D eigenvalue weighted by Crippen LogP contribution is -2.07. The first-order chi connectivity index (χ1) is 5.33. The minimum absolute atomic E-state index is 0.341. The number of nitrogens with two attached hydrogens (primary N) is 1. The van der Waals surface area contributed by atoms with Crippen LogP contribution in [-0.2, 0) is 4.79 Å². The molecule has 0 aromatic rings. The largest absolute Gasteiger partial charge is 0.330 e. The highest BCUT2D eigenvalue weighted by Gasteiger charge is 2.20. The zero-order valence-corrected chi connectivity index (χ0v) is 7.01. The molecule has 0 atom stereocenters. The lowest BCUT2D eigenvalue weighted by Gasteiger charge is -1.97. The molecule has 0 aromatic carbocycles. The van der Waals surface area contributed by atoms with E-state index in [4.69, 9.17) is 5.73 Å². The second-order valence-electron chi connectivity index (χ2n) is 3.41. The normalized spacial score (nSPS) is 16.8. The molecular formula is C9H17NO. The zero-order valence-electron chi connectivity index (χ0n) is 7.01. The lowest BCUT2D eigenvalue weighted by atomic mass is 10.1. The van der Waals surface area contributed by atoms with Gasteiger partial charge in [-0.05, 0) is 18.9 Å². The highest BCUT2D eigenvalue weighted by Crippen LogP contribution is 2.33. The third-order valence-corrected chi connectivity index (χ3v) is 2.19. The molecular weight excluding hydrogens is 138 g/mol. The highest BCUT2D eigenvalue weighted by molar-refractivity contribution is 5.78. The van der Waals surface area contributed by atoms with Gasteiger partial charge in [-0.25, -0.2) is 0 Å². The van der Waals surface area contributed by atoms with Crippen molar-refractivity contribution in [2.75, 3.05) is 6.54 Å². The van der Waals surface area contributed by atoms with Crippen molar-refractivity contribution >= 4 is 5.78 Å². The minimum Gasteiger partial charge on any atom is -0.330 e. The van der Waals surface area contributed by atoms with Crippen LogP contribution in [0.4, 0.5) is 0 Å². The van der Waals surface area contributed by atoms with E-state index in [1.54, 1.807) is 0 Å². The Bertz CT molecular complexity index is 130. The molecule has 1 rings (SSSR count). The van der Waals surface area contributed by atoms with Gasteiger partial charge in [0.15, 0.2) is 0 Å². The van der Waals surface area contributed by atoms with E-state index < -0.39 is 0 Å². The lowest BCUT2D eigenvalue weighted by molar-refractivity contribution is -0.119. The van der Waals surface area contributed by atoms with Gasteiger partial charge in [-0.2, -0.15) is 0 Å². The molecule has 1 aliphatic carbocycles. The summed E-state index contributed by atoms with van der Waals surface area (Å²) < 4.78 is 0. The van der Waals surface area contributed by atoms with Crippen LogP contribution in [0, 0.1) is 5.92 Å². The molecule has 0 aromatic heterocycles. The van der Waals surface area contributed by atoms with Gasteiger partial charge in [0.2, 0.25) is 0 Å². The Balaban J connectivity index is 1.88. The van der Waals surface area contributed by atoms with Crippen molar-refractivity contribution in [3.8, 4) is 0 Å². The first-order valence-electron chi connectivity index (χ1n) is 4.54. The van der Waals surface area contributed by atoms with Crippen molar-refractivity contribution in [2.24, 2.45) is 11.7 Å². The number of hydrogen-bond donors (Lipinski definition) is 1. The van der Waals surface area contributed by atoms with Crippen LogP contribution in [0.3, 0.4) is 0 Å². The van der Waals surface area contributed by atoms with Gasteiger partial charge < -0.3 is 5.73 Å². The van der Waals surface area contributed by atoms with Gasteiger partial charge in [-0.15, -0.1) is 0 Å². The maximum atomic E-state index is 11.0. The molecule has 11 heavy (non-hydrogen) atoms. The summed E-state index contributed by atoms with van der Waals surface area (Å²) in [6, 6.07) is 0. The topological polar surface area (TPSA) is 43.1 Å². The fourth-order valence-electron chi connectivity index (χ4n) is 1.28. The van der Waals surface area contributed by atoms with E-state index in [0.717, 1.165) is 18.8 Å². The van der Waals surface area contributed by atoms with E-state index in [0.29, 0.717) is 18.7 Å². The molecule has 64 valence electrons. The maximum Gasteiger partial charge on any atom is 0.134 e.